The fraction of sp³-hybridized carbons (Fsp3) is 0.519. The van der Waals surface area contributed by atoms with Gasteiger partial charge in [-0.1, -0.05) is 24.3 Å². The molecule has 170 valence electrons. The molecule has 1 fully saturated rings. The molecule has 4 rings (SSSR count). The van der Waals surface area contributed by atoms with E-state index in [1.807, 2.05) is 6.07 Å². The first kappa shape index (κ1) is 22.8. The molecule has 0 aromatic heterocycles. The molecule has 0 bridgehead atoms. The topological polar surface area (TPSA) is 36.8 Å². The zero-order chi connectivity index (χ0) is 22.5. The Kier molecular flexibility index (Phi) is 7.47. The van der Waals surface area contributed by atoms with Gasteiger partial charge in [0.1, 0.15) is 0 Å². The Labute approximate surface area is 193 Å². The van der Waals surface area contributed by atoms with Crippen molar-refractivity contribution in [2.45, 2.75) is 31.8 Å². The SMILES string of the molecule is CN(C)CCN(C)c1ccc(C#N)c(CN2CCN(C3CCc4ccccc4C3)CC2)c1. The van der Waals surface area contributed by atoms with Gasteiger partial charge in [-0.2, -0.15) is 5.26 Å². The first-order valence-corrected chi connectivity index (χ1v) is 12.0. The minimum absolute atomic E-state index is 0.676. The first-order valence-electron chi connectivity index (χ1n) is 12.0. The number of rotatable bonds is 7. The highest BCUT2D eigenvalue weighted by Crippen LogP contribution is 2.26. The molecule has 1 unspecified atom stereocenters. The fourth-order valence-corrected chi connectivity index (χ4v) is 5.05. The highest BCUT2D eigenvalue weighted by molar-refractivity contribution is 5.53. The third-order valence-electron chi connectivity index (χ3n) is 7.17. The van der Waals surface area contributed by atoms with Crippen LogP contribution in [0.25, 0.3) is 0 Å². The van der Waals surface area contributed by atoms with Crippen molar-refractivity contribution in [1.29, 1.82) is 5.26 Å². The van der Waals surface area contributed by atoms with Crippen molar-refractivity contribution in [3.63, 3.8) is 0 Å². The number of anilines is 1. The van der Waals surface area contributed by atoms with E-state index in [1.165, 1.54) is 24.9 Å². The molecule has 2 aliphatic rings. The van der Waals surface area contributed by atoms with Gasteiger partial charge in [-0.3, -0.25) is 9.80 Å². The molecule has 32 heavy (non-hydrogen) atoms. The van der Waals surface area contributed by atoms with Gasteiger partial charge in [0, 0.05) is 64.6 Å². The summed E-state index contributed by atoms with van der Waals surface area (Å²) in [5.74, 6) is 0. The second kappa shape index (κ2) is 10.5. The van der Waals surface area contributed by atoms with Crippen LogP contribution in [0.5, 0.6) is 0 Å². The Balaban J connectivity index is 1.34. The summed E-state index contributed by atoms with van der Waals surface area (Å²) in [5.41, 5.74) is 6.24. The lowest BCUT2D eigenvalue weighted by Gasteiger charge is -2.41. The van der Waals surface area contributed by atoms with Crippen LogP contribution >= 0.6 is 0 Å². The number of fused-ring (bicyclic) bond motifs is 1. The van der Waals surface area contributed by atoms with E-state index in [9.17, 15) is 5.26 Å². The summed E-state index contributed by atoms with van der Waals surface area (Å²) < 4.78 is 0. The number of likely N-dealkylation sites (N-methyl/N-ethyl adjacent to an activating group) is 2. The summed E-state index contributed by atoms with van der Waals surface area (Å²) in [6, 6.07) is 18.3. The molecule has 0 saturated carbocycles. The van der Waals surface area contributed by atoms with Gasteiger partial charge < -0.3 is 9.80 Å². The minimum atomic E-state index is 0.676. The normalized spacial score (nSPS) is 19.5. The van der Waals surface area contributed by atoms with Gasteiger partial charge in [-0.15, -0.1) is 0 Å². The quantitative estimate of drug-likeness (QED) is 0.673. The monoisotopic (exact) mass is 431 g/mol. The van der Waals surface area contributed by atoms with Crippen molar-refractivity contribution in [2.75, 3.05) is 65.3 Å². The van der Waals surface area contributed by atoms with Crippen LogP contribution in [0.3, 0.4) is 0 Å². The van der Waals surface area contributed by atoms with Crippen LogP contribution in [0.15, 0.2) is 42.5 Å². The van der Waals surface area contributed by atoms with Gasteiger partial charge in [0.05, 0.1) is 11.6 Å². The molecule has 1 saturated heterocycles. The van der Waals surface area contributed by atoms with E-state index in [0.29, 0.717) is 6.04 Å². The number of hydrogen-bond acceptors (Lipinski definition) is 5. The smallest absolute Gasteiger partial charge is 0.0995 e. The molecule has 0 amide bonds. The Morgan fingerprint density at radius 2 is 1.72 bits per heavy atom. The van der Waals surface area contributed by atoms with Gasteiger partial charge in [-0.25, -0.2) is 0 Å². The van der Waals surface area contributed by atoms with Crippen molar-refractivity contribution >= 4 is 5.69 Å². The van der Waals surface area contributed by atoms with Crippen LogP contribution in [0.2, 0.25) is 0 Å². The van der Waals surface area contributed by atoms with Crippen molar-refractivity contribution in [1.82, 2.24) is 14.7 Å². The van der Waals surface area contributed by atoms with E-state index in [-0.39, 0.29) is 0 Å². The maximum atomic E-state index is 9.65. The molecular weight excluding hydrogens is 394 g/mol. The zero-order valence-electron chi connectivity index (χ0n) is 19.9. The molecule has 0 spiro atoms. The van der Waals surface area contributed by atoms with E-state index in [2.05, 4.69) is 83.2 Å². The van der Waals surface area contributed by atoms with Crippen LogP contribution in [0.4, 0.5) is 5.69 Å². The van der Waals surface area contributed by atoms with Gasteiger partial charge >= 0.3 is 0 Å². The summed E-state index contributed by atoms with van der Waals surface area (Å²) in [6.45, 7) is 7.24. The Hall–Kier alpha value is -2.39. The van der Waals surface area contributed by atoms with Crippen LogP contribution in [0, 0.1) is 11.3 Å². The molecule has 1 aliphatic carbocycles. The number of piperazine rings is 1. The highest BCUT2D eigenvalue weighted by Gasteiger charge is 2.27. The Morgan fingerprint density at radius 3 is 2.44 bits per heavy atom. The molecule has 0 radical (unpaired) electrons. The van der Waals surface area contributed by atoms with Crippen LogP contribution in [-0.2, 0) is 19.4 Å². The standard InChI is InChI=1S/C27H37N5/c1-29(2)12-13-30(3)26-10-9-24(20-28)25(19-26)21-31-14-16-32(17-15-31)27-11-8-22-6-4-5-7-23(22)18-27/h4-7,9-10,19,27H,8,11-18,21H2,1-3H3. The average Bonchev–Trinajstić information content (AvgIpc) is 2.82. The van der Waals surface area contributed by atoms with Gasteiger partial charge in [0.15, 0.2) is 0 Å². The number of nitriles is 1. The largest absolute Gasteiger partial charge is 0.373 e. The molecule has 2 aromatic rings. The number of aryl methyl sites for hydroxylation is 1. The predicted molar refractivity (Wildman–Crippen MR) is 132 cm³/mol. The second-order valence-corrected chi connectivity index (χ2v) is 9.66. The van der Waals surface area contributed by atoms with Gasteiger partial charge in [-0.05, 0) is 68.2 Å². The predicted octanol–water partition coefficient (Wildman–Crippen LogP) is 3.23. The average molecular weight is 432 g/mol. The van der Waals surface area contributed by atoms with Crippen molar-refractivity contribution in [2.24, 2.45) is 0 Å². The Morgan fingerprint density at radius 1 is 0.969 bits per heavy atom. The molecule has 1 heterocycles. The maximum absolute atomic E-state index is 9.65. The van der Waals surface area contributed by atoms with Crippen LogP contribution in [0.1, 0.15) is 28.7 Å². The summed E-state index contributed by atoms with van der Waals surface area (Å²) in [5, 5.41) is 9.65. The third kappa shape index (κ3) is 5.50. The lowest BCUT2D eigenvalue weighted by molar-refractivity contribution is 0.0856. The minimum Gasteiger partial charge on any atom is -0.373 e. The number of hydrogen-bond donors (Lipinski definition) is 0. The molecule has 5 heteroatoms. The van der Waals surface area contributed by atoms with E-state index >= 15 is 0 Å². The first-order chi connectivity index (χ1) is 15.5. The molecule has 0 N–H and O–H groups in total. The summed E-state index contributed by atoms with van der Waals surface area (Å²) in [7, 11) is 6.34. The van der Waals surface area contributed by atoms with Crippen molar-refractivity contribution in [3.05, 3.63) is 64.7 Å². The van der Waals surface area contributed by atoms with Crippen LogP contribution in [-0.4, -0.2) is 81.2 Å². The second-order valence-electron chi connectivity index (χ2n) is 9.66. The lowest BCUT2D eigenvalue weighted by Crippen LogP contribution is -2.51. The third-order valence-corrected chi connectivity index (χ3v) is 7.17. The fourth-order valence-electron chi connectivity index (χ4n) is 5.05. The maximum Gasteiger partial charge on any atom is 0.0995 e. The van der Waals surface area contributed by atoms with Crippen molar-refractivity contribution < 1.29 is 0 Å². The molecular formula is C27H37N5. The van der Waals surface area contributed by atoms with E-state index in [1.54, 1.807) is 11.1 Å². The van der Waals surface area contributed by atoms with E-state index < -0.39 is 0 Å². The summed E-state index contributed by atoms with van der Waals surface area (Å²) in [6.07, 6.45) is 3.67. The molecule has 1 aliphatic heterocycles. The van der Waals surface area contributed by atoms with Crippen LogP contribution < -0.4 is 4.90 Å². The Bertz CT molecular complexity index is 939. The van der Waals surface area contributed by atoms with Crippen molar-refractivity contribution in [3.8, 4) is 6.07 Å². The lowest BCUT2D eigenvalue weighted by atomic mass is 9.87. The van der Waals surface area contributed by atoms with Gasteiger partial charge in [0.25, 0.3) is 0 Å². The highest BCUT2D eigenvalue weighted by atomic mass is 15.3. The molecule has 5 nitrogen and oxygen atoms in total. The molecule has 1 atom stereocenters. The van der Waals surface area contributed by atoms with E-state index in [4.69, 9.17) is 0 Å². The van der Waals surface area contributed by atoms with Gasteiger partial charge in [0.2, 0.25) is 0 Å². The summed E-state index contributed by atoms with van der Waals surface area (Å²) in [4.78, 5) is 9.70. The number of nitrogens with zero attached hydrogens (tertiary/aromatic N) is 5. The number of benzene rings is 2. The molecule has 2 aromatic carbocycles. The zero-order valence-corrected chi connectivity index (χ0v) is 19.9. The van der Waals surface area contributed by atoms with E-state index in [0.717, 1.165) is 56.9 Å². The summed E-state index contributed by atoms with van der Waals surface area (Å²) >= 11 is 0.